The quantitative estimate of drug-likeness (QED) is 0.815. The molecule has 2 aromatic rings. The molecule has 0 fully saturated rings. The van der Waals surface area contributed by atoms with E-state index in [-0.39, 0.29) is 0 Å². The van der Waals surface area contributed by atoms with Gasteiger partial charge in [-0.25, -0.2) is 0 Å². The van der Waals surface area contributed by atoms with Crippen LogP contribution in [0.3, 0.4) is 0 Å². The Morgan fingerprint density at radius 1 is 1.33 bits per heavy atom. The molecule has 0 aromatic carbocycles. The normalized spacial score (nSPS) is 12.1. The minimum absolute atomic E-state index is 0.304. The molecule has 1 unspecified atom stereocenters. The van der Waals surface area contributed by atoms with Gasteiger partial charge in [-0.1, -0.05) is 6.92 Å². The van der Waals surface area contributed by atoms with Crippen LogP contribution < -0.4 is 15.8 Å². The van der Waals surface area contributed by atoms with Gasteiger partial charge in [0.05, 0.1) is 12.3 Å². The van der Waals surface area contributed by atoms with Crippen LogP contribution in [0.4, 0.5) is 11.5 Å². The van der Waals surface area contributed by atoms with Crippen LogP contribution in [0.25, 0.3) is 0 Å². The molecule has 0 saturated heterocycles. The number of aromatic nitrogens is 1. The molecule has 2 rings (SSSR count). The molecule has 4 nitrogen and oxygen atoms in total. The minimum Gasteiger partial charge on any atom is -0.476 e. The van der Waals surface area contributed by atoms with Gasteiger partial charge in [-0.05, 0) is 44.5 Å². The van der Waals surface area contributed by atoms with Crippen molar-refractivity contribution >= 4 is 22.8 Å². The molecule has 2 heterocycles. The van der Waals surface area contributed by atoms with Gasteiger partial charge >= 0.3 is 0 Å². The highest BCUT2D eigenvalue weighted by Crippen LogP contribution is 2.22. The summed E-state index contributed by atoms with van der Waals surface area (Å²) in [5.74, 6) is 1.32. The van der Waals surface area contributed by atoms with Crippen molar-refractivity contribution < 1.29 is 4.74 Å². The number of hydrogen-bond donors (Lipinski definition) is 2. The van der Waals surface area contributed by atoms with Crippen LogP contribution in [0.1, 0.15) is 30.0 Å². The number of aryl methyl sites for hydroxylation is 1. The van der Waals surface area contributed by atoms with E-state index in [1.165, 1.54) is 9.75 Å². The smallest absolute Gasteiger partial charge is 0.239 e. The second-order valence-electron chi connectivity index (χ2n) is 5.20. The topological polar surface area (TPSA) is 60.2 Å². The molecule has 0 saturated carbocycles. The molecule has 0 spiro atoms. The Hall–Kier alpha value is -1.75. The summed E-state index contributed by atoms with van der Waals surface area (Å²) in [7, 11) is 0. The summed E-state index contributed by atoms with van der Waals surface area (Å²) >= 11 is 1.84. The summed E-state index contributed by atoms with van der Waals surface area (Å²) in [5, 5.41) is 3.40. The Morgan fingerprint density at radius 3 is 2.81 bits per heavy atom. The van der Waals surface area contributed by atoms with Crippen molar-refractivity contribution in [1.82, 2.24) is 4.98 Å². The first-order chi connectivity index (χ1) is 10.1. The zero-order valence-corrected chi connectivity index (χ0v) is 13.7. The van der Waals surface area contributed by atoms with Crippen molar-refractivity contribution in [3.8, 4) is 5.88 Å². The first kappa shape index (κ1) is 15.6. The van der Waals surface area contributed by atoms with Crippen LogP contribution in [0.15, 0.2) is 24.3 Å². The molecule has 21 heavy (non-hydrogen) atoms. The van der Waals surface area contributed by atoms with E-state index >= 15 is 0 Å². The molecule has 0 amide bonds. The lowest BCUT2D eigenvalue weighted by atomic mass is 10.2. The van der Waals surface area contributed by atoms with Gasteiger partial charge in [0.25, 0.3) is 0 Å². The minimum atomic E-state index is 0.304. The second-order valence-corrected chi connectivity index (χ2v) is 6.57. The van der Waals surface area contributed by atoms with Crippen LogP contribution in [-0.2, 0) is 6.42 Å². The molecule has 114 valence electrons. The molecule has 0 aliphatic rings. The highest BCUT2D eigenvalue weighted by Gasteiger charge is 2.09. The molecular formula is C16H23N3OS. The van der Waals surface area contributed by atoms with Gasteiger partial charge in [-0.3, -0.25) is 0 Å². The highest BCUT2D eigenvalue weighted by atomic mass is 32.1. The lowest BCUT2D eigenvalue weighted by Gasteiger charge is -2.15. The van der Waals surface area contributed by atoms with Crippen molar-refractivity contribution in [2.75, 3.05) is 17.7 Å². The molecule has 2 aromatic heterocycles. The summed E-state index contributed by atoms with van der Waals surface area (Å²) in [6.45, 7) is 6.97. The van der Waals surface area contributed by atoms with Gasteiger partial charge in [0, 0.05) is 22.2 Å². The Labute approximate surface area is 130 Å². The number of rotatable bonds is 7. The van der Waals surface area contributed by atoms with E-state index in [0.717, 1.165) is 18.7 Å². The van der Waals surface area contributed by atoms with Crippen LogP contribution in [-0.4, -0.2) is 17.6 Å². The van der Waals surface area contributed by atoms with Crippen LogP contribution in [0.2, 0.25) is 0 Å². The zero-order valence-electron chi connectivity index (χ0n) is 12.8. The van der Waals surface area contributed by atoms with Gasteiger partial charge in [-0.2, -0.15) is 4.98 Å². The number of nitrogens with one attached hydrogen (secondary N) is 1. The monoisotopic (exact) mass is 305 g/mol. The number of hydrogen-bond acceptors (Lipinski definition) is 5. The molecule has 0 aliphatic carbocycles. The predicted molar refractivity (Wildman–Crippen MR) is 90.3 cm³/mol. The van der Waals surface area contributed by atoms with E-state index in [4.69, 9.17) is 10.5 Å². The number of pyridine rings is 1. The third-order valence-electron chi connectivity index (χ3n) is 3.03. The molecule has 3 N–H and O–H groups in total. The number of nitrogen functional groups attached to an aromatic ring is 1. The Bertz CT molecular complexity index is 583. The van der Waals surface area contributed by atoms with Crippen molar-refractivity contribution in [3.63, 3.8) is 0 Å². The van der Waals surface area contributed by atoms with E-state index in [1.807, 2.05) is 23.5 Å². The SMILES string of the molecule is CCCOc1nc(NC(C)Cc2ccc(C)s2)ccc1N. The van der Waals surface area contributed by atoms with Crippen molar-refractivity contribution in [2.24, 2.45) is 0 Å². The summed E-state index contributed by atoms with van der Waals surface area (Å²) in [6, 6.07) is 8.38. The van der Waals surface area contributed by atoms with Crippen LogP contribution >= 0.6 is 11.3 Å². The third-order valence-corrected chi connectivity index (χ3v) is 4.05. The number of nitrogens with zero attached hydrogens (tertiary/aromatic N) is 1. The molecule has 0 bridgehead atoms. The first-order valence-corrected chi connectivity index (χ1v) is 8.11. The summed E-state index contributed by atoms with van der Waals surface area (Å²) in [6.07, 6.45) is 1.92. The average Bonchev–Trinajstić information content (AvgIpc) is 2.84. The number of anilines is 2. The first-order valence-electron chi connectivity index (χ1n) is 7.29. The van der Waals surface area contributed by atoms with Crippen molar-refractivity contribution in [3.05, 3.63) is 34.0 Å². The van der Waals surface area contributed by atoms with E-state index in [0.29, 0.717) is 24.2 Å². The number of nitrogens with two attached hydrogens (primary N) is 1. The fourth-order valence-electron chi connectivity index (χ4n) is 2.05. The van der Waals surface area contributed by atoms with Crippen LogP contribution in [0, 0.1) is 6.92 Å². The Morgan fingerprint density at radius 2 is 2.14 bits per heavy atom. The van der Waals surface area contributed by atoms with Gasteiger partial charge in [0.1, 0.15) is 5.82 Å². The summed E-state index contributed by atoms with van der Waals surface area (Å²) < 4.78 is 5.56. The largest absolute Gasteiger partial charge is 0.476 e. The van der Waals surface area contributed by atoms with Gasteiger partial charge in [0.2, 0.25) is 5.88 Å². The predicted octanol–water partition coefficient (Wildman–Crippen LogP) is 3.87. The maximum absolute atomic E-state index is 5.87. The maximum atomic E-state index is 5.87. The van der Waals surface area contributed by atoms with E-state index in [2.05, 4.69) is 43.2 Å². The zero-order chi connectivity index (χ0) is 15.2. The second kappa shape index (κ2) is 7.31. The lowest BCUT2D eigenvalue weighted by molar-refractivity contribution is 0.307. The summed E-state index contributed by atoms with van der Waals surface area (Å²) in [4.78, 5) is 7.17. The lowest BCUT2D eigenvalue weighted by Crippen LogP contribution is -2.18. The molecule has 5 heteroatoms. The van der Waals surface area contributed by atoms with Gasteiger partial charge in [-0.15, -0.1) is 11.3 Å². The maximum Gasteiger partial charge on any atom is 0.239 e. The highest BCUT2D eigenvalue weighted by molar-refractivity contribution is 7.11. The molecular weight excluding hydrogens is 282 g/mol. The van der Waals surface area contributed by atoms with Gasteiger partial charge < -0.3 is 15.8 Å². The van der Waals surface area contributed by atoms with Crippen LogP contribution in [0.5, 0.6) is 5.88 Å². The number of ether oxygens (including phenoxy) is 1. The standard InChI is InChI=1S/C16H23N3OS/c1-4-9-20-16-14(17)7-8-15(19-16)18-11(2)10-13-6-5-12(3)21-13/h5-8,11H,4,9-10,17H2,1-3H3,(H,18,19). The molecule has 1 atom stereocenters. The van der Waals surface area contributed by atoms with Crippen molar-refractivity contribution in [1.29, 1.82) is 0 Å². The van der Waals surface area contributed by atoms with Gasteiger partial charge in [0.15, 0.2) is 0 Å². The van der Waals surface area contributed by atoms with Crippen molar-refractivity contribution in [2.45, 2.75) is 39.7 Å². The van der Waals surface area contributed by atoms with E-state index in [1.54, 1.807) is 0 Å². The van der Waals surface area contributed by atoms with E-state index < -0.39 is 0 Å². The Kier molecular flexibility index (Phi) is 5.44. The van der Waals surface area contributed by atoms with E-state index in [9.17, 15) is 0 Å². The molecule has 0 aliphatic heterocycles. The Balaban J connectivity index is 1.98. The fraction of sp³-hybridized carbons (Fsp3) is 0.438. The number of thiophene rings is 1. The fourth-order valence-corrected chi connectivity index (χ4v) is 3.07. The third kappa shape index (κ3) is 4.63. The average molecular weight is 305 g/mol. The molecule has 0 radical (unpaired) electrons. The summed E-state index contributed by atoms with van der Waals surface area (Å²) in [5.41, 5.74) is 6.45.